The van der Waals surface area contributed by atoms with Gasteiger partial charge < -0.3 is 16.4 Å². The molecular formula is C18H21N3O2. The number of nitrogens with two attached hydrogens (primary N) is 1. The van der Waals surface area contributed by atoms with Crippen molar-refractivity contribution in [3.63, 3.8) is 0 Å². The zero-order chi connectivity index (χ0) is 16.7. The van der Waals surface area contributed by atoms with Crippen LogP contribution in [0.15, 0.2) is 48.5 Å². The van der Waals surface area contributed by atoms with Crippen LogP contribution in [0.5, 0.6) is 0 Å². The first-order chi connectivity index (χ1) is 11.1. The predicted octanol–water partition coefficient (Wildman–Crippen LogP) is 3.19. The molecule has 0 aromatic heterocycles. The number of nitrogens with one attached hydrogen (secondary N) is 2. The minimum absolute atomic E-state index is 0.0620. The molecule has 4 N–H and O–H groups in total. The SMILES string of the molecule is CCC(=O)Nc1cccc(NC(=O)CCc2ccccc2N)c1. The number of hydrogen-bond acceptors (Lipinski definition) is 3. The molecule has 0 aliphatic heterocycles. The highest BCUT2D eigenvalue weighted by molar-refractivity contribution is 5.94. The monoisotopic (exact) mass is 311 g/mol. The highest BCUT2D eigenvalue weighted by Gasteiger charge is 2.06. The highest BCUT2D eigenvalue weighted by atomic mass is 16.2. The topological polar surface area (TPSA) is 84.2 Å². The molecule has 23 heavy (non-hydrogen) atoms. The van der Waals surface area contributed by atoms with Gasteiger partial charge in [0.25, 0.3) is 0 Å². The fourth-order valence-electron chi connectivity index (χ4n) is 2.16. The van der Waals surface area contributed by atoms with Crippen molar-refractivity contribution < 1.29 is 9.59 Å². The number of benzene rings is 2. The molecule has 0 fully saturated rings. The molecule has 0 atom stereocenters. The molecule has 2 aromatic rings. The van der Waals surface area contributed by atoms with Gasteiger partial charge in [0.1, 0.15) is 0 Å². The van der Waals surface area contributed by atoms with E-state index in [-0.39, 0.29) is 11.8 Å². The Labute approximate surface area is 135 Å². The summed E-state index contributed by atoms with van der Waals surface area (Å²) in [6.45, 7) is 1.79. The van der Waals surface area contributed by atoms with Crippen LogP contribution in [0.3, 0.4) is 0 Å². The minimum Gasteiger partial charge on any atom is -0.399 e. The molecule has 0 heterocycles. The second-order valence-corrected chi connectivity index (χ2v) is 5.23. The van der Waals surface area contributed by atoms with Crippen LogP contribution in [0.25, 0.3) is 0 Å². The van der Waals surface area contributed by atoms with E-state index in [1.54, 1.807) is 31.2 Å². The van der Waals surface area contributed by atoms with Crippen molar-refractivity contribution in [3.8, 4) is 0 Å². The summed E-state index contributed by atoms with van der Waals surface area (Å²) in [6, 6.07) is 14.6. The average molecular weight is 311 g/mol. The Morgan fingerprint density at radius 3 is 2.26 bits per heavy atom. The first-order valence-electron chi connectivity index (χ1n) is 7.61. The van der Waals surface area contributed by atoms with Gasteiger partial charge in [-0.2, -0.15) is 0 Å². The third-order valence-corrected chi connectivity index (χ3v) is 3.43. The van der Waals surface area contributed by atoms with Gasteiger partial charge in [-0.25, -0.2) is 0 Å². The lowest BCUT2D eigenvalue weighted by Gasteiger charge is -2.09. The van der Waals surface area contributed by atoms with E-state index in [1.807, 2.05) is 24.3 Å². The lowest BCUT2D eigenvalue weighted by atomic mass is 10.1. The maximum Gasteiger partial charge on any atom is 0.224 e. The molecule has 0 unspecified atom stereocenters. The van der Waals surface area contributed by atoms with Crippen LogP contribution in [0.2, 0.25) is 0 Å². The van der Waals surface area contributed by atoms with Crippen LogP contribution in [0, 0.1) is 0 Å². The van der Waals surface area contributed by atoms with Gasteiger partial charge in [0.05, 0.1) is 0 Å². The predicted molar refractivity (Wildman–Crippen MR) is 93.2 cm³/mol. The molecule has 5 nitrogen and oxygen atoms in total. The fraction of sp³-hybridized carbons (Fsp3) is 0.222. The normalized spacial score (nSPS) is 10.1. The lowest BCUT2D eigenvalue weighted by Crippen LogP contribution is -2.13. The second kappa shape index (κ2) is 7.98. The van der Waals surface area contributed by atoms with Gasteiger partial charge in [-0.1, -0.05) is 31.2 Å². The smallest absolute Gasteiger partial charge is 0.224 e. The Hall–Kier alpha value is -2.82. The number of rotatable bonds is 6. The summed E-state index contributed by atoms with van der Waals surface area (Å²) in [5, 5.41) is 5.60. The summed E-state index contributed by atoms with van der Waals surface area (Å²) in [4.78, 5) is 23.4. The molecule has 5 heteroatoms. The molecule has 2 aromatic carbocycles. The van der Waals surface area contributed by atoms with Gasteiger partial charge in [0.2, 0.25) is 11.8 Å². The molecule has 0 saturated carbocycles. The molecule has 2 amide bonds. The second-order valence-electron chi connectivity index (χ2n) is 5.23. The van der Waals surface area contributed by atoms with Crippen molar-refractivity contribution in [1.29, 1.82) is 0 Å². The van der Waals surface area contributed by atoms with Crippen molar-refractivity contribution in [2.45, 2.75) is 26.2 Å². The first kappa shape index (κ1) is 16.5. The zero-order valence-corrected chi connectivity index (χ0v) is 13.1. The quantitative estimate of drug-likeness (QED) is 0.716. The van der Waals surface area contributed by atoms with E-state index in [0.717, 1.165) is 5.56 Å². The van der Waals surface area contributed by atoms with Crippen LogP contribution in [0.1, 0.15) is 25.3 Å². The Morgan fingerprint density at radius 2 is 1.61 bits per heavy atom. The summed E-state index contributed by atoms with van der Waals surface area (Å²) in [5.41, 5.74) is 8.86. The van der Waals surface area contributed by atoms with Gasteiger partial charge in [-0.15, -0.1) is 0 Å². The molecule has 0 bridgehead atoms. The summed E-state index contributed by atoms with van der Waals surface area (Å²) >= 11 is 0. The standard InChI is InChI=1S/C18H21N3O2/c1-2-17(22)20-14-7-5-8-15(12-14)21-18(23)11-10-13-6-3-4-9-16(13)19/h3-9,12H,2,10-11,19H2,1H3,(H,20,22)(H,21,23). The Kier molecular flexibility index (Phi) is 5.74. The zero-order valence-electron chi connectivity index (χ0n) is 13.1. The third kappa shape index (κ3) is 5.14. The van der Waals surface area contributed by atoms with Gasteiger partial charge in [-0.05, 0) is 36.2 Å². The Bertz CT molecular complexity index is 698. The van der Waals surface area contributed by atoms with Crippen LogP contribution in [0.4, 0.5) is 17.1 Å². The van der Waals surface area contributed by atoms with E-state index in [9.17, 15) is 9.59 Å². The van der Waals surface area contributed by atoms with Crippen molar-refractivity contribution in [1.82, 2.24) is 0 Å². The van der Waals surface area contributed by atoms with Crippen molar-refractivity contribution in [3.05, 3.63) is 54.1 Å². The number of nitrogen functional groups attached to an aromatic ring is 1. The number of aryl methyl sites for hydroxylation is 1. The Morgan fingerprint density at radius 1 is 0.957 bits per heavy atom. The highest BCUT2D eigenvalue weighted by Crippen LogP contribution is 2.17. The molecular weight excluding hydrogens is 290 g/mol. The fourth-order valence-corrected chi connectivity index (χ4v) is 2.16. The number of carbonyl (C=O) groups is 2. The number of hydrogen-bond donors (Lipinski definition) is 3. The molecule has 120 valence electrons. The molecule has 0 aliphatic carbocycles. The largest absolute Gasteiger partial charge is 0.399 e. The van der Waals surface area contributed by atoms with Crippen molar-refractivity contribution in [2.75, 3.05) is 16.4 Å². The lowest BCUT2D eigenvalue weighted by molar-refractivity contribution is -0.116. The van der Waals surface area contributed by atoms with E-state index >= 15 is 0 Å². The minimum atomic E-state index is -0.0905. The van der Waals surface area contributed by atoms with Crippen LogP contribution < -0.4 is 16.4 Å². The maximum absolute atomic E-state index is 12.0. The molecule has 0 spiro atoms. The van der Waals surface area contributed by atoms with Gasteiger partial charge >= 0.3 is 0 Å². The summed E-state index contributed by atoms with van der Waals surface area (Å²) < 4.78 is 0. The molecule has 0 radical (unpaired) electrons. The van der Waals surface area contributed by atoms with Crippen molar-refractivity contribution >= 4 is 28.9 Å². The maximum atomic E-state index is 12.0. The van der Waals surface area contributed by atoms with Crippen LogP contribution >= 0.6 is 0 Å². The van der Waals surface area contributed by atoms with Gasteiger partial charge in [0.15, 0.2) is 0 Å². The van der Waals surface area contributed by atoms with E-state index in [1.165, 1.54) is 0 Å². The number of amides is 2. The van der Waals surface area contributed by atoms with Crippen LogP contribution in [-0.2, 0) is 16.0 Å². The molecule has 0 aliphatic rings. The van der Waals surface area contributed by atoms with Crippen LogP contribution in [-0.4, -0.2) is 11.8 Å². The Balaban J connectivity index is 1.91. The van der Waals surface area contributed by atoms with E-state index in [4.69, 9.17) is 5.73 Å². The van der Waals surface area contributed by atoms with E-state index in [0.29, 0.717) is 36.3 Å². The van der Waals surface area contributed by atoms with E-state index < -0.39 is 0 Å². The van der Waals surface area contributed by atoms with Crippen molar-refractivity contribution in [2.24, 2.45) is 0 Å². The van der Waals surface area contributed by atoms with Gasteiger partial charge in [-0.3, -0.25) is 9.59 Å². The molecule has 0 saturated heterocycles. The number of anilines is 3. The average Bonchev–Trinajstić information content (AvgIpc) is 2.54. The van der Waals surface area contributed by atoms with Gasteiger partial charge in [0, 0.05) is 29.9 Å². The number of para-hydroxylation sites is 1. The summed E-state index contributed by atoms with van der Waals surface area (Å²) in [6.07, 6.45) is 1.35. The third-order valence-electron chi connectivity index (χ3n) is 3.43. The molecule has 2 rings (SSSR count). The first-order valence-corrected chi connectivity index (χ1v) is 7.61. The van der Waals surface area contributed by atoms with E-state index in [2.05, 4.69) is 10.6 Å². The summed E-state index contributed by atoms with van der Waals surface area (Å²) in [7, 11) is 0. The summed E-state index contributed by atoms with van der Waals surface area (Å²) in [5.74, 6) is -0.153. The number of carbonyl (C=O) groups excluding carboxylic acids is 2.